The van der Waals surface area contributed by atoms with Crippen LogP contribution in [0.1, 0.15) is 16.8 Å². The van der Waals surface area contributed by atoms with Crippen LogP contribution < -0.4 is 10.6 Å². The van der Waals surface area contributed by atoms with Crippen molar-refractivity contribution < 1.29 is 19.5 Å². The van der Waals surface area contributed by atoms with Crippen LogP contribution in [0.25, 0.3) is 10.2 Å². The standard InChI is InChI=1S/C17H12BrN3O4S/c18-9-5-6-12-13(7-9)26-17(20-12)21-15(23)8-14(22)19-11-4-2-1-3-10(11)16(24)25/h1-7H,8H2,(H,19,22)(H,24,25)(H,20,21,23). The van der Waals surface area contributed by atoms with E-state index in [9.17, 15) is 14.4 Å². The average molecular weight is 434 g/mol. The zero-order chi connectivity index (χ0) is 18.7. The summed E-state index contributed by atoms with van der Waals surface area (Å²) < 4.78 is 1.80. The number of benzene rings is 2. The van der Waals surface area contributed by atoms with E-state index in [4.69, 9.17) is 5.11 Å². The van der Waals surface area contributed by atoms with Gasteiger partial charge in [0.25, 0.3) is 0 Å². The van der Waals surface area contributed by atoms with Gasteiger partial charge in [0.1, 0.15) is 6.42 Å². The number of carboxylic acids is 1. The molecule has 1 aromatic heterocycles. The summed E-state index contributed by atoms with van der Waals surface area (Å²) in [5, 5.41) is 14.5. The number of hydrogen-bond acceptors (Lipinski definition) is 5. The van der Waals surface area contributed by atoms with E-state index in [0.717, 1.165) is 14.7 Å². The van der Waals surface area contributed by atoms with E-state index in [1.54, 1.807) is 12.1 Å². The predicted molar refractivity (Wildman–Crippen MR) is 103 cm³/mol. The third kappa shape index (κ3) is 4.24. The molecule has 2 amide bonds. The Bertz CT molecular complexity index is 1020. The molecule has 0 aliphatic heterocycles. The molecule has 0 aliphatic rings. The van der Waals surface area contributed by atoms with Crippen LogP contribution in [0.15, 0.2) is 46.9 Å². The van der Waals surface area contributed by atoms with Crippen LogP contribution in [0.2, 0.25) is 0 Å². The maximum atomic E-state index is 12.0. The third-order valence-electron chi connectivity index (χ3n) is 3.35. The van der Waals surface area contributed by atoms with Gasteiger partial charge in [-0.25, -0.2) is 9.78 Å². The maximum Gasteiger partial charge on any atom is 0.337 e. The lowest BCUT2D eigenvalue weighted by molar-refractivity contribution is -0.123. The molecule has 132 valence electrons. The summed E-state index contributed by atoms with van der Waals surface area (Å²) in [7, 11) is 0. The second-order valence-corrected chi connectivity index (χ2v) is 7.20. The minimum atomic E-state index is -1.16. The molecule has 1 heterocycles. The molecule has 0 unspecified atom stereocenters. The Labute approximate surface area is 160 Å². The number of para-hydroxylation sites is 1. The minimum absolute atomic E-state index is 0.0435. The van der Waals surface area contributed by atoms with Crippen molar-refractivity contribution in [2.24, 2.45) is 0 Å². The first-order valence-electron chi connectivity index (χ1n) is 7.40. The van der Waals surface area contributed by atoms with Crippen molar-refractivity contribution >= 4 is 66.1 Å². The largest absolute Gasteiger partial charge is 0.478 e. The molecule has 3 aromatic rings. The fraction of sp³-hybridized carbons (Fsp3) is 0.0588. The molecule has 0 fully saturated rings. The first kappa shape index (κ1) is 18.0. The number of rotatable bonds is 5. The number of aromatic nitrogens is 1. The molecule has 0 bridgehead atoms. The fourth-order valence-electron chi connectivity index (χ4n) is 2.23. The molecule has 3 N–H and O–H groups in total. The van der Waals surface area contributed by atoms with Gasteiger partial charge in [-0.05, 0) is 30.3 Å². The van der Waals surface area contributed by atoms with Gasteiger partial charge in [0, 0.05) is 4.47 Å². The Morgan fingerprint density at radius 3 is 2.58 bits per heavy atom. The first-order chi connectivity index (χ1) is 12.4. The molecule has 0 radical (unpaired) electrons. The van der Waals surface area contributed by atoms with Gasteiger partial charge in [-0.2, -0.15) is 0 Å². The average Bonchev–Trinajstić information content (AvgIpc) is 2.95. The van der Waals surface area contributed by atoms with Gasteiger partial charge in [-0.3, -0.25) is 9.59 Å². The highest BCUT2D eigenvalue weighted by Crippen LogP contribution is 2.28. The number of carbonyl (C=O) groups excluding carboxylic acids is 2. The van der Waals surface area contributed by atoms with E-state index in [0.29, 0.717) is 5.13 Å². The van der Waals surface area contributed by atoms with Crippen molar-refractivity contribution in [3.05, 3.63) is 52.5 Å². The lowest BCUT2D eigenvalue weighted by atomic mass is 10.2. The summed E-state index contributed by atoms with van der Waals surface area (Å²) in [6.45, 7) is 0. The highest BCUT2D eigenvalue weighted by Gasteiger charge is 2.15. The predicted octanol–water partition coefficient (Wildman–Crippen LogP) is 3.72. The van der Waals surface area contributed by atoms with Crippen molar-refractivity contribution in [3.63, 3.8) is 0 Å². The number of halogens is 1. The van der Waals surface area contributed by atoms with Gasteiger partial charge >= 0.3 is 5.97 Å². The van der Waals surface area contributed by atoms with E-state index >= 15 is 0 Å². The van der Waals surface area contributed by atoms with Crippen LogP contribution in [0, 0.1) is 0 Å². The smallest absolute Gasteiger partial charge is 0.337 e. The number of nitrogens with one attached hydrogen (secondary N) is 2. The summed E-state index contributed by atoms with van der Waals surface area (Å²) in [6, 6.07) is 11.5. The number of aromatic carboxylic acids is 1. The van der Waals surface area contributed by atoms with Crippen LogP contribution in [-0.4, -0.2) is 27.9 Å². The number of carboxylic acid groups (broad SMARTS) is 1. The van der Waals surface area contributed by atoms with Crippen LogP contribution in [0.3, 0.4) is 0 Å². The molecule has 0 saturated heterocycles. The molecule has 0 atom stereocenters. The lowest BCUT2D eigenvalue weighted by Crippen LogP contribution is -2.22. The SMILES string of the molecule is O=C(CC(=O)Nc1ccccc1C(=O)O)Nc1nc2ccc(Br)cc2s1. The molecule has 3 rings (SSSR count). The second kappa shape index (κ2) is 7.63. The number of anilines is 2. The summed E-state index contributed by atoms with van der Waals surface area (Å²) in [6.07, 6.45) is -0.451. The van der Waals surface area contributed by atoms with Crippen molar-refractivity contribution in [2.75, 3.05) is 10.6 Å². The summed E-state index contributed by atoms with van der Waals surface area (Å²) >= 11 is 4.66. The van der Waals surface area contributed by atoms with Crippen LogP contribution in [0.5, 0.6) is 0 Å². The lowest BCUT2D eigenvalue weighted by Gasteiger charge is -2.07. The zero-order valence-electron chi connectivity index (χ0n) is 13.2. The van der Waals surface area contributed by atoms with Gasteiger partial charge in [0.05, 0.1) is 21.5 Å². The van der Waals surface area contributed by atoms with Gasteiger partial charge in [0.15, 0.2) is 5.13 Å². The van der Waals surface area contributed by atoms with Gasteiger partial charge in [-0.15, -0.1) is 0 Å². The number of hydrogen-bond donors (Lipinski definition) is 3. The van der Waals surface area contributed by atoms with E-state index in [2.05, 4.69) is 31.5 Å². The Balaban J connectivity index is 1.64. The highest BCUT2D eigenvalue weighted by atomic mass is 79.9. The molecule has 2 aromatic carbocycles. The third-order valence-corrected chi connectivity index (χ3v) is 4.78. The Morgan fingerprint density at radius 2 is 1.81 bits per heavy atom. The van der Waals surface area contributed by atoms with Crippen LogP contribution in [0.4, 0.5) is 10.8 Å². The molecular weight excluding hydrogens is 422 g/mol. The molecular formula is C17H12BrN3O4S. The van der Waals surface area contributed by atoms with Crippen molar-refractivity contribution in [3.8, 4) is 0 Å². The van der Waals surface area contributed by atoms with E-state index in [1.165, 1.54) is 23.5 Å². The number of carbonyl (C=O) groups is 3. The number of thiazole rings is 1. The molecule has 0 spiro atoms. The monoisotopic (exact) mass is 433 g/mol. The molecule has 0 aliphatic carbocycles. The highest BCUT2D eigenvalue weighted by molar-refractivity contribution is 9.10. The maximum absolute atomic E-state index is 12.0. The van der Waals surface area contributed by atoms with Gasteiger partial charge in [0.2, 0.25) is 11.8 Å². The van der Waals surface area contributed by atoms with Gasteiger partial charge < -0.3 is 15.7 Å². The number of fused-ring (bicyclic) bond motifs is 1. The minimum Gasteiger partial charge on any atom is -0.478 e. The Kier molecular flexibility index (Phi) is 5.29. The molecule has 0 saturated carbocycles. The number of amides is 2. The van der Waals surface area contributed by atoms with E-state index in [1.807, 2.05) is 18.2 Å². The molecule has 26 heavy (non-hydrogen) atoms. The fourth-order valence-corrected chi connectivity index (χ4v) is 3.67. The Hall–Kier alpha value is -2.78. The van der Waals surface area contributed by atoms with Crippen molar-refractivity contribution in [2.45, 2.75) is 6.42 Å². The van der Waals surface area contributed by atoms with E-state index in [-0.39, 0.29) is 11.3 Å². The van der Waals surface area contributed by atoms with Crippen molar-refractivity contribution in [1.29, 1.82) is 0 Å². The first-order valence-corrected chi connectivity index (χ1v) is 9.01. The summed E-state index contributed by atoms with van der Waals surface area (Å²) in [5.74, 6) is -2.31. The van der Waals surface area contributed by atoms with Crippen LogP contribution >= 0.6 is 27.3 Å². The quantitative estimate of drug-likeness (QED) is 0.531. The van der Waals surface area contributed by atoms with Crippen molar-refractivity contribution in [1.82, 2.24) is 4.98 Å². The van der Waals surface area contributed by atoms with E-state index < -0.39 is 24.2 Å². The molecule has 7 nitrogen and oxygen atoms in total. The topological polar surface area (TPSA) is 108 Å². The Morgan fingerprint density at radius 1 is 1.08 bits per heavy atom. The molecule has 9 heteroatoms. The normalized spacial score (nSPS) is 10.5. The van der Waals surface area contributed by atoms with Crippen LogP contribution in [-0.2, 0) is 9.59 Å². The summed E-state index contributed by atoms with van der Waals surface area (Å²) in [4.78, 5) is 39.5. The van der Waals surface area contributed by atoms with Gasteiger partial charge in [-0.1, -0.05) is 39.4 Å². The second-order valence-electron chi connectivity index (χ2n) is 5.25. The summed E-state index contributed by atoms with van der Waals surface area (Å²) in [5.41, 5.74) is 0.842. The number of nitrogens with zero attached hydrogens (tertiary/aromatic N) is 1. The zero-order valence-corrected chi connectivity index (χ0v) is 15.6.